The van der Waals surface area contributed by atoms with Gasteiger partial charge >= 0.3 is 5.97 Å². The molecule has 0 aliphatic carbocycles. The first kappa shape index (κ1) is 21.3. The summed E-state index contributed by atoms with van der Waals surface area (Å²) in [5.41, 5.74) is -1.71. The Balaban J connectivity index is 1.29. The Kier molecular flexibility index (Phi) is 6.05. The Bertz CT molecular complexity index is 939. The Morgan fingerprint density at radius 1 is 1.03 bits per heavy atom. The summed E-state index contributed by atoms with van der Waals surface area (Å²) < 4.78 is 7.18. The van der Waals surface area contributed by atoms with Gasteiger partial charge in [-0.15, -0.1) is 34.0 Å². The fourth-order valence-corrected chi connectivity index (χ4v) is 7.69. The van der Waals surface area contributed by atoms with Gasteiger partial charge in [0, 0.05) is 30.1 Å². The minimum atomic E-state index is -1.71. The number of carbonyl (C=O) groups excluding carboxylic acids is 1. The number of aliphatic hydroxyl groups is 1. The number of quaternary nitrogens is 1. The van der Waals surface area contributed by atoms with Crippen LogP contribution in [-0.4, -0.2) is 47.8 Å². The molecule has 2 bridgehead atoms. The Labute approximate surface area is 195 Å². The number of thiophene rings is 3. The Morgan fingerprint density at radius 3 is 2.26 bits per heavy atom. The van der Waals surface area contributed by atoms with Gasteiger partial charge in [-0.05, 0) is 40.8 Å². The number of ether oxygens (including phenoxy) is 1. The fraction of sp³-hybridized carbons (Fsp3) is 0.458. The van der Waals surface area contributed by atoms with Crippen molar-refractivity contribution in [3.63, 3.8) is 0 Å². The van der Waals surface area contributed by atoms with Crippen molar-refractivity contribution in [3.8, 4) is 0 Å². The van der Waals surface area contributed by atoms with Crippen molar-refractivity contribution in [1.29, 1.82) is 0 Å². The van der Waals surface area contributed by atoms with Crippen LogP contribution >= 0.6 is 34.0 Å². The van der Waals surface area contributed by atoms with Crippen molar-refractivity contribution in [2.45, 2.75) is 37.4 Å². The number of rotatable bonds is 8. The van der Waals surface area contributed by atoms with Crippen LogP contribution in [0.1, 0.15) is 33.9 Å². The summed E-state index contributed by atoms with van der Waals surface area (Å²) in [6.45, 7) is 4.39. The summed E-state index contributed by atoms with van der Waals surface area (Å²) in [5, 5.41) is 17.5. The van der Waals surface area contributed by atoms with Gasteiger partial charge in [-0.2, -0.15) is 0 Å². The van der Waals surface area contributed by atoms with Crippen molar-refractivity contribution < 1.29 is 19.1 Å². The zero-order valence-corrected chi connectivity index (χ0v) is 19.9. The third kappa shape index (κ3) is 4.14. The first-order valence-electron chi connectivity index (χ1n) is 11.0. The quantitative estimate of drug-likeness (QED) is 0.373. The topological polar surface area (TPSA) is 46.5 Å². The number of hydrogen-bond acceptors (Lipinski definition) is 6. The number of aryl methyl sites for hydroxylation is 1. The fourth-order valence-electron chi connectivity index (χ4n) is 5.23. The summed E-state index contributed by atoms with van der Waals surface area (Å²) in [4.78, 5) is 16.1. The highest BCUT2D eigenvalue weighted by molar-refractivity contribution is 7.12. The molecule has 4 nitrogen and oxygen atoms in total. The number of fused-ring (bicyclic) bond motifs is 3. The zero-order valence-electron chi connectivity index (χ0n) is 17.4. The number of carbonyl (C=O) groups is 1. The largest absolute Gasteiger partial charge is 0.453 e. The summed E-state index contributed by atoms with van der Waals surface area (Å²) in [7, 11) is 0. The van der Waals surface area contributed by atoms with E-state index < -0.39 is 11.6 Å². The van der Waals surface area contributed by atoms with Crippen LogP contribution < -0.4 is 0 Å². The lowest BCUT2D eigenvalue weighted by Gasteiger charge is -2.52. The maximum absolute atomic E-state index is 13.4. The lowest BCUT2D eigenvalue weighted by Crippen LogP contribution is -2.65. The van der Waals surface area contributed by atoms with Crippen molar-refractivity contribution >= 4 is 40.0 Å². The van der Waals surface area contributed by atoms with E-state index in [4.69, 9.17) is 4.74 Å². The van der Waals surface area contributed by atoms with E-state index in [-0.39, 0.29) is 6.10 Å². The summed E-state index contributed by atoms with van der Waals surface area (Å²) >= 11 is 4.62. The third-order valence-electron chi connectivity index (χ3n) is 6.99. The average molecular weight is 475 g/mol. The van der Waals surface area contributed by atoms with Crippen LogP contribution in [0.2, 0.25) is 0 Å². The van der Waals surface area contributed by atoms with Gasteiger partial charge in [0.05, 0.1) is 29.4 Å². The highest BCUT2D eigenvalue weighted by Gasteiger charge is 2.51. The van der Waals surface area contributed by atoms with Gasteiger partial charge in [-0.25, -0.2) is 4.79 Å². The normalized spacial score (nSPS) is 25.6. The molecule has 3 aliphatic rings. The van der Waals surface area contributed by atoms with Crippen molar-refractivity contribution in [3.05, 3.63) is 67.2 Å². The molecule has 3 aliphatic heterocycles. The molecule has 0 radical (unpaired) electrons. The van der Waals surface area contributed by atoms with Crippen LogP contribution in [0.15, 0.2) is 52.5 Å². The lowest BCUT2D eigenvalue weighted by atomic mass is 9.82. The Morgan fingerprint density at radius 2 is 1.68 bits per heavy atom. The van der Waals surface area contributed by atoms with Gasteiger partial charge in [-0.3, -0.25) is 0 Å². The van der Waals surface area contributed by atoms with Crippen molar-refractivity contribution in [2.75, 3.05) is 26.2 Å². The van der Waals surface area contributed by atoms with Crippen LogP contribution in [0.5, 0.6) is 0 Å². The molecule has 0 unspecified atom stereocenters. The monoisotopic (exact) mass is 474 g/mol. The molecule has 3 aromatic heterocycles. The second-order valence-corrected chi connectivity index (χ2v) is 11.8. The molecule has 0 saturated carbocycles. The number of hydrogen-bond donors (Lipinski definition) is 1. The van der Waals surface area contributed by atoms with Crippen LogP contribution in [0, 0.1) is 5.92 Å². The average Bonchev–Trinajstić information content (AvgIpc) is 3.58. The number of esters is 1. The van der Waals surface area contributed by atoms with E-state index in [1.54, 1.807) is 0 Å². The highest BCUT2D eigenvalue weighted by atomic mass is 32.1. The van der Waals surface area contributed by atoms with Gasteiger partial charge in [0.25, 0.3) is 0 Å². The molecule has 1 atom stereocenters. The van der Waals surface area contributed by atoms with E-state index in [1.165, 1.54) is 47.1 Å². The smallest absolute Gasteiger partial charge is 0.349 e. The molecule has 7 heteroatoms. The van der Waals surface area contributed by atoms with E-state index in [0.29, 0.717) is 15.7 Å². The molecule has 0 spiro atoms. The molecule has 6 heterocycles. The maximum atomic E-state index is 13.4. The van der Waals surface area contributed by atoms with E-state index in [1.807, 2.05) is 46.4 Å². The number of nitrogens with zero attached hydrogens (tertiary/aromatic N) is 1. The van der Waals surface area contributed by atoms with Gasteiger partial charge in [0.2, 0.25) is 5.60 Å². The summed E-state index contributed by atoms with van der Waals surface area (Å²) in [5.74, 6) is -0.106. The second-order valence-electron chi connectivity index (χ2n) is 8.82. The molecule has 3 fully saturated rings. The van der Waals surface area contributed by atoms with Gasteiger partial charge < -0.3 is 14.3 Å². The van der Waals surface area contributed by atoms with Crippen LogP contribution in [0.4, 0.5) is 0 Å². The summed E-state index contributed by atoms with van der Waals surface area (Å²) in [6, 6.07) is 11.7. The minimum absolute atomic E-state index is 0.108. The molecule has 0 aromatic carbocycles. The van der Waals surface area contributed by atoms with Gasteiger partial charge in [-0.1, -0.05) is 18.2 Å². The zero-order chi connectivity index (χ0) is 21.3. The van der Waals surface area contributed by atoms with Crippen LogP contribution in [0.3, 0.4) is 0 Å². The Hall–Kier alpha value is -1.51. The molecule has 164 valence electrons. The predicted molar refractivity (Wildman–Crippen MR) is 127 cm³/mol. The summed E-state index contributed by atoms with van der Waals surface area (Å²) in [6.07, 6.45) is 4.39. The standard InChI is InChI=1S/C24H28NO3S3/c26-23(24(27,21-7-3-15-30-21)22-8-4-16-31-22)28-20-17-25(12-9-18(20)10-13-25)11-1-5-19-6-2-14-29-19/h2-4,6-8,14-16,18,20,27H,1,5,9-13,17H2/q+1/t18?,20-,25?/m0/s1. The van der Waals surface area contributed by atoms with Crippen LogP contribution in [-0.2, 0) is 21.6 Å². The lowest BCUT2D eigenvalue weighted by molar-refractivity contribution is -0.946. The first-order valence-corrected chi connectivity index (χ1v) is 13.6. The van der Waals surface area contributed by atoms with Gasteiger partial charge in [0.15, 0.2) is 6.10 Å². The van der Waals surface area contributed by atoms with Crippen LogP contribution in [0.25, 0.3) is 0 Å². The molecular formula is C24H28NO3S3+. The number of piperidine rings is 3. The van der Waals surface area contributed by atoms with Crippen molar-refractivity contribution in [1.82, 2.24) is 0 Å². The van der Waals surface area contributed by atoms with E-state index >= 15 is 0 Å². The molecule has 1 N–H and O–H groups in total. The molecule has 31 heavy (non-hydrogen) atoms. The molecule has 6 rings (SSSR count). The van der Waals surface area contributed by atoms with E-state index in [0.717, 1.165) is 36.8 Å². The van der Waals surface area contributed by atoms with Crippen molar-refractivity contribution in [2.24, 2.45) is 5.92 Å². The minimum Gasteiger partial charge on any atom is -0.453 e. The SMILES string of the molecule is O=C(O[C@H]1C[N+]2(CCCc3cccs3)CCC1CC2)C(O)(c1cccs1)c1cccs1. The molecule has 3 saturated heterocycles. The second kappa shape index (κ2) is 8.79. The van der Waals surface area contributed by atoms with E-state index in [2.05, 4.69) is 17.5 Å². The third-order valence-corrected chi connectivity index (χ3v) is 9.88. The molecule has 3 aromatic rings. The molecule has 0 amide bonds. The molecular weight excluding hydrogens is 446 g/mol. The highest BCUT2D eigenvalue weighted by Crippen LogP contribution is 2.40. The van der Waals surface area contributed by atoms with E-state index in [9.17, 15) is 9.90 Å². The first-order chi connectivity index (χ1) is 15.1. The predicted octanol–water partition coefficient (Wildman–Crippen LogP) is 4.89. The van der Waals surface area contributed by atoms with Gasteiger partial charge in [0.1, 0.15) is 6.54 Å². The maximum Gasteiger partial charge on any atom is 0.349 e.